The monoisotopic (exact) mass is 516 g/mol. The molecule has 0 aliphatic heterocycles. The summed E-state index contributed by atoms with van der Waals surface area (Å²) in [6.07, 6.45) is 1.87. The molecule has 9 aromatic rings. The van der Waals surface area contributed by atoms with Gasteiger partial charge in [-0.05, 0) is 42.5 Å². The van der Waals surface area contributed by atoms with Crippen molar-refractivity contribution in [1.82, 2.24) is 9.55 Å². The summed E-state index contributed by atoms with van der Waals surface area (Å²) >= 11 is 1.85. The summed E-state index contributed by atoms with van der Waals surface area (Å²) in [6.45, 7) is 0. The van der Waals surface area contributed by atoms with Gasteiger partial charge in [0.2, 0.25) is 0 Å². The first-order valence-electron chi connectivity index (χ1n) is 13.1. The number of hydrogen-bond acceptors (Lipinski definition) is 3. The van der Waals surface area contributed by atoms with Gasteiger partial charge in [-0.1, -0.05) is 72.8 Å². The SMILES string of the molecule is c1ccc2c(c1)sc1c(-c3cccc4c3oc3ccc(-n5c6ccccc6c6cccnc65)cc34)cccc12. The average Bonchev–Trinajstić information content (AvgIpc) is 3.66. The van der Waals surface area contributed by atoms with Gasteiger partial charge in [0, 0.05) is 64.7 Å². The van der Waals surface area contributed by atoms with Crippen molar-refractivity contribution in [3.8, 4) is 16.8 Å². The molecule has 5 aromatic carbocycles. The molecule has 0 unspecified atom stereocenters. The van der Waals surface area contributed by atoms with Crippen molar-refractivity contribution in [3.05, 3.63) is 121 Å². The van der Waals surface area contributed by atoms with Gasteiger partial charge in [-0.15, -0.1) is 11.3 Å². The fraction of sp³-hybridized carbons (Fsp3) is 0. The number of benzene rings is 5. The van der Waals surface area contributed by atoms with Crippen LogP contribution in [0.1, 0.15) is 0 Å². The summed E-state index contributed by atoms with van der Waals surface area (Å²) in [5, 5.41) is 7.19. The standard InChI is InChI=1S/C35H20N2OS/c1-3-15-30-22(8-1)28-14-7-19-36-35(28)37(30)21-17-18-31-29(20-21)25-11-5-10-24(33(25)38-31)27-13-6-12-26-23-9-2-4-16-32(23)39-34(26)27/h1-20H. The predicted molar refractivity (Wildman–Crippen MR) is 164 cm³/mol. The number of pyridine rings is 1. The molecule has 0 saturated carbocycles. The third kappa shape index (κ3) is 2.89. The molecule has 3 nitrogen and oxygen atoms in total. The number of hydrogen-bond donors (Lipinski definition) is 0. The Morgan fingerprint density at radius 3 is 2.31 bits per heavy atom. The first-order chi connectivity index (χ1) is 19.3. The molecular weight excluding hydrogens is 496 g/mol. The molecule has 0 atom stereocenters. The van der Waals surface area contributed by atoms with Crippen LogP contribution in [0.4, 0.5) is 0 Å². The van der Waals surface area contributed by atoms with E-state index in [-0.39, 0.29) is 0 Å². The molecule has 0 aliphatic rings. The van der Waals surface area contributed by atoms with Crippen LogP contribution in [0, 0.1) is 0 Å². The van der Waals surface area contributed by atoms with E-state index in [4.69, 9.17) is 9.40 Å². The van der Waals surface area contributed by atoms with Crippen molar-refractivity contribution < 1.29 is 4.42 Å². The van der Waals surface area contributed by atoms with Crippen LogP contribution in [0.25, 0.3) is 80.9 Å². The molecule has 4 heteroatoms. The van der Waals surface area contributed by atoms with Crippen molar-refractivity contribution in [2.24, 2.45) is 0 Å². The predicted octanol–water partition coefficient (Wildman–Crippen LogP) is 10.1. The van der Waals surface area contributed by atoms with E-state index in [1.807, 2.05) is 23.6 Å². The zero-order chi connectivity index (χ0) is 25.5. The highest BCUT2D eigenvalue weighted by atomic mass is 32.1. The van der Waals surface area contributed by atoms with E-state index in [1.165, 1.54) is 31.1 Å². The molecule has 0 radical (unpaired) electrons. The normalized spacial score (nSPS) is 12.1. The summed E-state index contributed by atoms with van der Waals surface area (Å²) in [5.74, 6) is 0. The minimum atomic E-state index is 0.887. The Balaban J connectivity index is 1.31. The van der Waals surface area contributed by atoms with E-state index in [2.05, 4.69) is 114 Å². The first-order valence-corrected chi connectivity index (χ1v) is 13.9. The molecular formula is C35H20N2OS. The summed E-state index contributed by atoms with van der Waals surface area (Å²) in [6, 6.07) is 40.9. The second-order valence-electron chi connectivity index (χ2n) is 9.97. The Hall–Kier alpha value is -4.93. The Labute approximate surface area is 227 Å². The molecule has 4 aromatic heterocycles. The Kier molecular flexibility index (Phi) is 4.21. The fourth-order valence-corrected chi connectivity index (χ4v) is 7.38. The molecule has 0 bridgehead atoms. The summed E-state index contributed by atoms with van der Waals surface area (Å²) in [5.41, 5.74) is 7.34. The van der Waals surface area contributed by atoms with E-state index >= 15 is 0 Å². The van der Waals surface area contributed by atoms with Crippen LogP contribution in [0.2, 0.25) is 0 Å². The van der Waals surface area contributed by atoms with Gasteiger partial charge in [0.05, 0.1) is 5.52 Å². The zero-order valence-corrected chi connectivity index (χ0v) is 21.6. The molecule has 0 aliphatic carbocycles. The third-order valence-corrected chi connectivity index (χ3v) is 9.09. The Bertz CT molecular complexity index is 2350. The Morgan fingerprint density at radius 2 is 1.36 bits per heavy atom. The summed E-state index contributed by atoms with van der Waals surface area (Å²) in [7, 11) is 0. The summed E-state index contributed by atoms with van der Waals surface area (Å²) < 4.78 is 11.4. The van der Waals surface area contributed by atoms with Crippen molar-refractivity contribution in [1.29, 1.82) is 0 Å². The number of para-hydroxylation sites is 2. The lowest BCUT2D eigenvalue weighted by molar-refractivity contribution is 0.670. The maximum atomic E-state index is 6.59. The van der Waals surface area contributed by atoms with Crippen LogP contribution in [-0.4, -0.2) is 9.55 Å². The van der Waals surface area contributed by atoms with Crippen molar-refractivity contribution in [2.45, 2.75) is 0 Å². The van der Waals surface area contributed by atoms with Gasteiger partial charge in [-0.2, -0.15) is 0 Å². The van der Waals surface area contributed by atoms with Crippen LogP contribution in [0.5, 0.6) is 0 Å². The fourth-order valence-electron chi connectivity index (χ4n) is 6.15. The lowest BCUT2D eigenvalue weighted by Gasteiger charge is -2.07. The number of rotatable bonds is 2. The third-order valence-electron chi connectivity index (χ3n) is 7.87. The van der Waals surface area contributed by atoms with Crippen molar-refractivity contribution in [3.63, 3.8) is 0 Å². The highest BCUT2D eigenvalue weighted by Crippen LogP contribution is 2.43. The number of nitrogens with zero attached hydrogens (tertiary/aromatic N) is 2. The number of fused-ring (bicyclic) bond motifs is 9. The smallest absolute Gasteiger partial charge is 0.145 e. The highest BCUT2D eigenvalue weighted by Gasteiger charge is 2.18. The van der Waals surface area contributed by atoms with Gasteiger partial charge in [0.1, 0.15) is 16.8 Å². The van der Waals surface area contributed by atoms with Gasteiger partial charge >= 0.3 is 0 Å². The van der Waals surface area contributed by atoms with E-state index in [1.54, 1.807) is 0 Å². The van der Waals surface area contributed by atoms with E-state index < -0.39 is 0 Å². The second-order valence-corrected chi connectivity index (χ2v) is 11.0. The average molecular weight is 517 g/mol. The largest absolute Gasteiger partial charge is 0.455 e. The zero-order valence-electron chi connectivity index (χ0n) is 20.8. The molecule has 0 fully saturated rings. The maximum absolute atomic E-state index is 6.59. The van der Waals surface area contributed by atoms with E-state index in [0.717, 1.165) is 49.7 Å². The topological polar surface area (TPSA) is 31.0 Å². The highest BCUT2D eigenvalue weighted by molar-refractivity contribution is 7.26. The van der Waals surface area contributed by atoms with Gasteiger partial charge in [-0.25, -0.2) is 4.98 Å². The maximum Gasteiger partial charge on any atom is 0.145 e. The van der Waals surface area contributed by atoms with E-state index in [9.17, 15) is 0 Å². The van der Waals surface area contributed by atoms with Crippen molar-refractivity contribution >= 4 is 75.4 Å². The first kappa shape index (κ1) is 21.1. The Morgan fingerprint density at radius 1 is 0.590 bits per heavy atom. The minimum Gasteiger partial charge on any atom is -0.455 e. The molecule has 9 rings (SSSR count). The minimum absolute atomic E-state index is 0.887. The van der Waals surface area contributed by atoms with Crippen LogP contribution in [0.15, 0.2) is 126 Å². The van der Waals surface area contributed by atoms with Crippen molar-refractivity contribution in [2.75, 3.05) is 0 Å². The molecule has 182 valence electrons. The molecule has 4 heterocycles. The number of aromatic nitrogens is 2. The van der Waals surface area contributed by atoms with Crippen LogP contribution in [-0.2, 0) is 0 Å². The number of furan rings is 1. The molecule has 0 spiro atoms. The molecule has 0 saturated heterocycles. The van der Waals surface area contributed by atoms with Crippen LogP contribution >= 0.6 is 11.3 Å². The number of thiophene rings is 1. The molecule has 39 heavy (non-hydrogen) atoms. The molecule has 0 amide bonds. The van der Waals surface area contributed by atoms with Gasteiger partial charge < -0.3 is 4.42 Å². The van der Waals surface area contributed by atoms with Crippen LogP contribution in [0.3, 0.4) is 0 Å². The summed E-state index contributed by atoms with van der Waals surface area (Å²) in [4.78, 5) is 4.77. The lowest BCUT2D eigenvalue weighted by Crippen LogP contribution is -1.94. The van der Waals surface area contributed by atoms with Gasteiger partial charge in [0.15, 0.2) is 0 Å². The van der Waals surface area contributed by atoms with Gasteiger partial charge in [0.25, 0.3) is 0 Å². The molecule has 0 N–H and O–H groups in total. The van der Waals surface area contributed by atoms with Gasteiger partial charge in [-0.3, -0.25) is 4.57 Å². The second kappa shape index (κ2) is 7.79. The lowest BCUT2D eigenvalue weighted by atomic mass is 10.0. The van der Waals surface area contributed by atoms with Crippen LogP contribution < -0.4 is 0 Å². The quantitative estimate of drug-likeness (QED) is 0.229. The van der Waals surface area contributed by atoms with E-state index in [0.29, 0.717) is 0 Å².